The Morgan fingerprint density at radius 2 is 1.86 bits per heavy atom. The minimum absolute atomic E-state index is 0.276. The lowest BCUT2D eigenvalue weighted by atomic mass is 9.71. The smallest absolute Gasteiger partial charge is 0.142 e. The van der Waals surface area contributed by atoms with Crippen molar-refractivity contribution < 1.29 is 9.47 Å². The van der Waals surface area contributed by atoms with Gasteiger partial charge < -0.3 is 14.4 Å². The molecule has 0 N–H and O–H groups in total. The first-order valence-electron chi connectivity index (χ1n) is 10.8. The van der Waals surface area contributed by atoms with E-state index in [0.29, 0.717) is 11.5 Å². The zero-order chi connectivity index (χ0) is 20.1. The monoisotopic (exact) mass is 406 g/mol. The summed E-state index contributed by atoms with van der Waals surface area (Å²) in [4.78, 5) is 4.94. The number of benzene rings is 1. The minimum atomic E-state index is 0.276. The van der Waals surface area contributed by atoms with Gasteiger partial charge in [0.15, 0.2) is 0 Å². The number of hydrogen-bond donors (Lipinski definition) is 1. The van der Waals surface area contributed by atoms with Crippen molar-refractivity contribution in [3.63, 3.8) is 0 Å². The predicted molar refractivity (Wildman–Crippen MR) is 121 cm³/mol. The van der Waals surface area contributed by atoms with Crippen LogP contribution < -0.4 is 9.64 Å². The number of hydrogen-bond acceptors (Lipinski definition) is 5. The van der Waals surface area contributed by atoms with E-state index in [1.54, 1.807) is 7.11 Å². The normalized spacial score (nSPS) is 26.8. The second-order valence-electron chi connectivity index (χ2n) is 9.48. The molecule has 1 aliphatic carbocycles. The average molecular weight is 407 g/mol. The van der Waals surface area contributed by atoms with E-state index >= 15 is 0 Å². The Kier molecular flexibility index (Phi) is 7.57. The molecule has 2 fully saturated rings. The van der Waals surface area contributed by atoms with Crippen molar-refractivity contribution in [1.29, 1.82) is 0 Å². The maximum Gasteiger partial charge on any atom is 0.142 e. The van der Waals surface area contributed by atoms with Crippen LogP contribution in [0.1, 0.15) is 40.0 Å². The van der Waals surface area contributed by atoms with Crippen LogP contribution in [0.5, 0.6) is 5.75 Å². The van der Waals surface area contributed by atoms with Gasteiger partial charge in [-0.2, -0.15) is 12.6 Å². The highest BCUT2D eigenvalue weighted by Crippen LogP contribution is 2.39. The maximum atomic E-state index is 6.28. The number of anilines is 1. The third kappa shape index (κ3) is 6.04. The molecule has 3 rings (SSSR count). The summed E-state index contributed by atoms with van der Waals surface area (Å²) in [6.45, 7) is 13.0. The van der Waals surface area contributed by atoms with Crippen LogP contribution in [0.2, 0.25) is 0 Å². The molecule has 0 aromatic heterocycles. The highest BCUT2D eigenvalue weighted by atomic mass is 32.1. The van der Waals surface area contributed by atoms with E-state index < -0.39 is 0 Å². The first kappa shape index (κ1) is 21.8. The van der Waals surface area contributed by atoms with Gasteiger partial charge in [0, 0.05) is 38.0 Å². The van der Waals surface area contributed by atoms with Crippen molar-refractivity contribution in [2.75, 3.05) is 51.3 Å². The predicted octanol–water partition coefficient (Wildman–Crippen LogP) is 4.35. The van der Waals surface area contributed by atoms with Crippen molar-refractivity contribution >= 4 is 18.3 Å². The molecule has 3 atom stereocenters. The second kappa shape index (κ2) is 9.73. The fourth-order valence-corrected chi connectivity index (χ4v) is 5.36. The number of methoxy groups -OCH3 is 1. The number of rotatable bonds is 7. The summed E-state index contributed by atoms with van der Waals surface area (Å²) in [6.07, 6.45) is 4.08. The van der Waals surface area contributed by atoms with Crippen LogP contribution in [0.15, 0.2) is 24.3 Å². The number of thiol groups is 1. The highest BCUT2D eigenvalue weighted by Gasteiger charge is 2.32. The van der Waals surface area contributed by atoms with Crippen molar-refractivity contribution in [2.24, 2.45) is 11.3 Å². The Bertz CT molecular complexity index is 616. The third-order valence-corrected chi connectivity index (χ3v) is 6.45. The summed E-state index contributed by atoms with van der Waals surface area (Å²) in [7, 11) is 1.74. The van der Waals surface area contributed by atoms with Crippen molar-refractivity contribution in [2.45, 2.75) is 51.4 Å². The van der Waals surface area contributed by atoms with Gasteiger partial charge in [0.05, 0.1) is 25.5 Å². The SMILES string of the molecule is COc1ccccc1N1CCN(C[C@H](S)CO[C@H]2C[C@@H](C)CC(C)(C)C2)CC1. The lowest BCUT2D eigenvalue weighted by molar-refractivity contribution is -0.0237. The minimum Gasteiger partial charge on any atom is -0.495 e. The second-order valence-corrected chi connectivity index (χ2v) is 10.2. The standard InChI is InChI=1S/C23H38N2O2S/c1-18-13-19(15-23(2,3)14-18)27-17-20(28)16-24-9-11-25(12-10-24)21-7-5-6-8-22(21)26-4/h5-8,18-20,28H,9-17H2,1-4H3/t18-,19+,20+/m1/s1. The van der Waals surface area contributed by atoms with Gasteiger partial charge in [-0.15, -0.1) is 0 Å². The number of para-hydroxylation sites is 2. The van der Waals surface area contributed by atoms with Crippen molar-refractivity contribution in [3.05, 3.63) is 24.3 Å². The van der Waals surface area contributed by atoms with Crippen LogP contribution in [0, 0.1) is 11.3 Å². The van der Waals surface area contributed by atoms with E-state index in [4.69, 9.17) is 22.1 Å². The van der Waals surface area contributed by atoms with Gasteiger partial charge in [0.1, 0.15) is 5.75 Å². The molecule has 4 nitrogen and oxygen atoms in total. The summed E-state index contributed by atoms with van der Waals surface area (Å²) in [5.74, 6) is 1.72. The third-order valence-electron chi connectivity index (χ3n) is 6.14. The lowest BCUT2D eigenvalue weighted by Gasteiger charge is -2.39. The van der Waals surface area contributed by atoms with E-state index in [9.17, 15) is 0 Å². The molecule has 0 radical (unpaired) electrons. The van der Waals surface area contributed by atoms with E-state index in [-0.39, 0.29) is 5.25 Å². The molecule has 1 aromatic carbocycles. The molecule has 0 bridgehead atoms. The van der Waals surface area contributed by atoms with E-state index in [2.05, 4.69) is 42.7 Å². The average Bonchev–Trinajstić information content (AvgIpc) is 2.65. The van der Waals surface area contributed by atoms with E-state index in [1.807, 2.05) is 12.1 Å². The van der Waals surface area contributed by atoms with Crippen LogP contribution >= 0.6 is 12.6 Å². The lowest BCUT2D eigenvalue weighted by Crippen LogP contribution is -2.48. The quantitative estimate of drug-likeness (QED) is 0.681. The van der Waals surface area contributed by atoms with Gasteiger partial charge in [-0.3, -0.25) is 4.90 Å². The first-order valence-corrected chi connectivity index (χ1v) is 11.3. The topological polar surface area (TPSA) is 24.9 Å². The Hall–Kier alpha value is -0.910. The zero-order valence-electron chi connectivity index (χ0n) is 18.1. The molecule has 158 valence electrons. The Morgan fingerprint density at radius 1 is 1.14 bits per heavy atom. The van der Waals surface area contributed by atoms with E-state index in [1.165, 1.54) is 24.9 Å². The van der Waals surface area contributed by atoms with Crippen LogP contribution in [0.3, 0.4) is 0 Å². The van der Waals surface area contributed by atoms with Crippen molar-refractivity contribution in [1.82, 2.24) is 4.90 Å². The largest absolute Gasteiger partial charge is 0.495 e. The van der Waals surface area contributed by atoms with Crippen LogP contribution in [0.4, 0.5) is 5.69 Å². The number of nitrogens with zero attached hydrogens (tertiary/aromatic N) is 2. The molecular weight excluding hydrogens is 368 g/mol. The highest BCUT2D eigenvalue weighted by molar-refractivity contribution is 7.81. The summed E-state index contributed by atoms with van der Waals surface area (Å²) in [6, 6.07) is 8.30. The Morgan fingerprint density at radius 3 is 2.54 bits per heavy atom. The zero-order valence-corrected chi connectivity index (χ0v) is 19.0. The van der Waals surface area contributed by atoms with Gasteiger partial charge in [0.2, 0.25) is 0 Å². The Labute approximate surface area is 177 Å². The molecule has 0 unspecified atom stereocenters. The molecule has 1 aliphatic heterocycles. The molecule has 1 aromatic rings. The summed E-state index contributed by atoms with van der Waals surface area (Å²) in [5, 5.41) is 0.276. The van der Waals surface area contributed by atoms with Gasteiger partial charge in [0.25, 0.3) is 0 Å². The molecule has 2 aliphatic rings. The van der Waals surface area contributed by atoms with Gasteiger partial charge in [-0.05, 0) is 42.7 Å². The van der Waals surface area contributed by atoms with Crippen LogP contribution in [-0.4, -0.2) is 62.7 Å². The van der Waals surface area contributed by atoms with Crippen LogP contribution in [-0.2, 0) is 4.74 Å². The molecular formula is C23H38N2O2S. The molecule has 1 heterocycles. The van der Waals surface area contributed by atoms with Gasteiger partial charge in [-0.1, -0.05) is 32.9 Å². The number of piperazine rings is 1. The molecule has 1 saturated heterocycles. The fraction of sp³-hybridized carbons (Fsp3) is 0.739. The maximum absolute atomic E-state index is 6.28. The van der Waals surface area contributed by atoms with Crippen LogP contribution in [0.25, 0.3) is 0 Å². The van der Waals surface area contributed by atoms with E-state index in [0.717, 1.165) is 51.0 Å². The van der Waals surface area contributed by atoms with Gasteiger partial charge in [-0.25, -0.2) is 0 Å². The molecule has 0 spiro atoms. The molecule has 28 heavy (non-hydrogen) atoms. The molecule has 0 amide bonds. The fourth-order valence-electron chi connectivity index (χ4n) is 5.05. The summed E-state index contributed by atoms with van der Waals surface area (Å²) in [5.41, 5.74) is 1.60. The molecule has 5 heteroatoms. The summed E-state index contributed by atoms with van der Waals surface area (Å²) >= 11 is 4.83. The Balaban J connectivity index is 1.41. The van der Waals surface area contributed by atoms with Crippen molar-refractivity contribution in [3.8, 4) is 5.75 Å². The first-order chi connectivity index (χ1) is 13.4. The molecule has 1 saturated carbocycles. The summed E-state index contributed by atoms with van der Waals surface area (Å²) < 4.78 is 11.8. The van der Waals surface area contributed by atoms with Gasteiger partial charge >= 0.3 is 0 Å². The number of ether oxygens (including phenoxy) is 2.